The molecule has 4 aromatic rings. The van der Waals surface area contributed by atoms with Crippen LogP contribution in [0.4, 0.5) is 5.69 Å². The third-order valence-electron chi connectivity index (χ3n) is 6.78. The summed E-state index contributed by atoms with van der Waals surface area (Å²) in [5, 5.41) is 4.24. The second kappa shape index (κ2) is 9.35. The minimum Gasteiger partial charge on any atom is -0.493 e. The number of carbonyl (C=O) groups excluding carboxylic acids is 1. The van der Waals surface area contributed by atoms with Crippen LogP contribution in [0.25, 0.3) is 22.8 Å². The van der Waals surface area contributed by atoms with Crippen molar-refractivity contribution in [2.75, 3.05) is 19.1 Å². The van der Waals surface area contributed by atoms with E-state index >= 15 is 0 Å². The molecule has 1 amide bonds. The Morgan fingerprint density at radius 3 is 2.50 bits per heavy atom. The topological polar surface area (TPSA) is 77.7 Å². The lowest BCUT2D eigenvalue weighted by Crippen LogP contribution is -2.39. The Morgan fingerprint density at radius 1 is 0.917 bits per heavy atom. The van der Waals surface area contributed by atoms with Crippen LogP contribution in [0.1, 0.15) is 36.0 Å². The van der Waals surface area contributed by atoms with E-state index in [0.717, 1.165) is 57.9 Å². The Morgan fingerprint density at radius 2 is 1.69 bits per heavy atom. The molecule has 0 atom stereocenters. The van der Waals surface area contributed by atoms with E-state index in [1.54, 1.807) is 26.0 Å². The lowest BCUT2D eigenvalue weighted by molar-refractivity contribution is 0.0974. The van der Waals surface area contributed by atoms with Crippen molar-refractivity contribution in [3.05, 3.63) is 66.2 Å². The minimum absolute atomic E-state index is 0.0757. The number of benzene rings is 3. The standard InChI is InChI=1S/C28H25N3O4S/c1-33-22-14-12-18(15-23(22)34-2)27-29-26(30-35-27)17-11-13-21-25(16-17)36-24-10-6-5-9-20(24)28(32)31(21)19-7-3-4-8-19/h5-6,9-16,19H,3-4,7-8H2,1-2H3. The Hall–Kier alpha value is -3.78. The van der Waals surface area contributed by atoms with Crippen LogP contribution >= 0.6 is 11.8 Å². The molecule has 0 N–H and O–H groups in total. The van der Waals surface area contributed by atoms with E-state index in [9.17, 15) is 4.79 Å². The van der Waals surface area contributed by atoms with Gasteiger partial charge in [-0.05, 0) is 61.4 Å². The molecule has 3 aromatic carbocycles. The van der Waals surface area contributed by atoms with Crippen molar-refractivity contribution in [2.24, 2.45) is 0 Å². The molecule has 1 fully saturated rings. The van der Waals surface area contributed by atoms with E-state index in [1.807, 2.05) is 59.5 Å². The van der Waals surface area contributed by atoms with Crippen molar-refractivity contribution >= 4 is 23.4 Å². The molecule has 0 unspecified atom stereocenters. The summed E-state index contributed by atoms with van der Waals surface area (Å²) in [5.41, 5.74) is 3.26. The number of hydrogen-bond donors (Lipinski definition) is 0. The quantitative estimate of drug-likeness (QED) is 0.311. The maximum absolute atomic E-state index is 13.7. The zero-order chi connectivity index (χ0) is 24.6. The van der Waals surface area contributed by atoms with Gasteiger partial charge in [0.2, 0.25) is 5.82 Å². The van der Waals surface area contributed by atoms with Gasteiger partial charge in [-0.1, -0.05) is 41.9 Å². The van der Waals surface area contributed by atoms with Crippen molar-refractivity contribution < 1.29 is 18.8 Å². The van der Waals surface area contributed by atoms with Crippen LogP contribution in [-0.4, -0.2) is 36.3 Å². The first-order valence-electron chi connectivity index (χ1n) is 12.0. The number of anilines is 1. The van der Waals surface area contributed by atoms with Crippen molar-refractivity contribution in [1.29, 1.82) is 0 Å². The van der Waals surface area contributed by atoms with E-state index in [2.05, 4.69) is 16.2 Å². The molecule has 182 valence electrons. The van der Waals surface area contributed by atoms with Gasteiger partial charge in [-0.2, -0.15) is 4.98 Å². The van der Waals surface area contributed by atoms with E-state index in [4.69, 9.17) is 14.0 Å². The molecular formula is C28H25N3O4S. The molecular weight excluding hydrogens is 474 g/mol. The van der Waals surface area contributed by atoms with Gasteiger partial charge in [-0.15, -0.1) is 0 Å². The largest absolute Gasteiger partial charge is 0.493 e. The summed E-state index contributed by atoms with van der Waals surface area (Å²) < 4.78 is 16.3. The fourth-order valence-electron chi connectivity index (χ4n) is 4.98. The molecule has 1 aliphatic heterocycles. The number of methoxy groups -OCH3 is 2. The Kier molecular flexibility index (Phi) is 5.89. The normalized spacial score (nSPS) is 15.4. The number of aromatic nitrogens is 2. The van der Waals surface area contributed by atoms with Crippen LogP contribution in [0, 0.1) is 0 Å². The molecule has 6 rings (SSSR count). The van der Waals surface area contributed by atoms with Crippen molar-refractivity contribution in [2.45, 2.75) is 41.5 Å². The van der Waals surface area contributed by atoms with E-state index < -0.39 is 0 Å². The molecule has 36 heavy (non-hydrogen) atoms. The highest BCUT2D eigenvalue weighted by atomic mass is 32.2. The molecule has 0 radical (unpaired) electrons. The number of carbonyl (C=O) groups is 1. The summed E-state index contributed by atoms with van der Waals surface area (Å²) in [4.78, 5) is 22.3. The fraction of sp³-hybridized carbons (Fsp3) is 0.250. The average Bonchev–Trinajstić information content (AvgIpc) is 3.61. The van der Waals surface area contributed by atoms with Gasteiger partial charge in [0.1, 0.15) is 0 Å². The number of hydrogen-bond acceptors (Lipinski definition) is 7. The van der Waals surface area contributed by atoms with Crippen molar-refractivity contribution in [3.8, 4) is 34.3 Å². The predicted molar refractivity (Wildman–Crippen MR) is 138 cm³/mol. The molecule has 7 nitrogen and oxygen atoms in total. The first-order valence-corrected chi connectivity index (χ1v) is 12.8. The SMILES string of the molecule is COc1ccc(-c2nc(-c3ccc4c(c3)Sc3ccccc3C(=O)N4C3CCCC3)no2)cc1OC. The predicted octanol–water partition coefficient (Wildman–Crippen LogP) is 6.47. The highest BCUT2D eigenvalue weighted by Gasteiger charge is 2.34. The second-order valence-corrected chi connectivity index (χ2v) is 9.97. The number of amides is 1. The zero-order valence-electron chi connectivity index (χ0n) is 20.1. The molecule has 1 saturated carbocycles. The van der Waals surface area contributed by atoms with Gasteiger partial charge in [0.05, 0.1) is 25.5 Å². The van der Waals surface area contributed by atoms with Gasteiger partial charge in [0.25, 0.3) is 11.8 Å². The monoisotopic (exact) mass is 499 g/mol. The molecule has 0 bridgehead atoms. The van der Waals surface area contributed by atoms with Gasteiger partial charge in [-0.3, -0.25) is 4.79 Å². The summed E-state index contributed by atoms with van der Waals surface area (Å²) in [6.07, 6.45) is 4.36. The molecule has 1 aliphatic carbocycles. The molecule has 2 heterocycles. The third kappa shape index (κ3) is 3.91. The minimum atomic E-state index is 0.0757. The van der Waals surface area contributed by atoms with E-state index in [-0.39, 0.29) is 11.9 Å². The molecule has 2 aliphatic rings. The van der Waals surface area contributed by atoms with Crippen LogP contribution < -0.4 is 14.4 Å². The summed E-state index contributed by atoms with van der Waals surface area (Å²) >= 11 is 1.61. The molecule has 8 heteroatoms. The first kappa shape index (κ1) is 22.7. The highest BCUT2D eigenvalue weighted by molar-refractivity contribution is 7.99. The maximum Gasteiger partial charge on any atom is 0.259 e. The van der Waals surface area contributed by atoms with Crippen LogP contribution in [0.5, 0.6) is 11.5 Å². The van der Waals surface area contributed by atoms with Crippen LogP contribution in [-0.2, 0) is 0 Å². The number of nitrogens with zero attached hydrogens (tertiary/aromatic N) is 3. The second-order valence-electron chi connectivity index (χ2n) is 8.89. The highest BCUT2D eigenvalue weighted by Crippen LogP contribution is 2.45. The third-order valence-corrected chi connectivity index (χ3v) is 7.90. The number of rotatable bonds is 5. The smallest absolute Gasteiger partial charge is 0.259 e. The van der Waals surface area contributed by atoms with Gasteiger partial charge in [-0.25, -0.2) is 0 Å². The number of ether oxygens (including phenoxy) is 2. The lowest BCUT2D eigenvalue weighted by Gasteiger charge is -2.29. The lowest BCUT2D eigenvalue weighted by atomic mass is 10.1. The van der Waals surface area contributed by atoms with Crippen LogP contribution in [0.15, 0.2) is 75.0 Å². The molecule has 0 saturated heterocycles. The fourth-order valence-corrected chi connectivity index (χ4v) is 6.08. The van der Waals surface area contributed by atoms with Gasteiger partial charge >= 0.3 is 0 Å². The van der Waals surface area contributed by atoms with Gasteiger partial charge < -0.3 is 18.9 Å². The van der Waals surface area contributed by atoms with Crippen molar-refractivity contribution in [3.63, 3.8) is 0 Å². The summed E-state index contributed by atoms with van der Waals surface area (Å²) in [7, 11) is 3.18. The zero-order valence-corrected chi connectivity index (χ0v) is 20.9. The Labute approximate surface area is 213 Å². The molecule has 0 spiro atoms. The van der Waals surface area contributed by atoms with Crippen LogP contribution in [0.3, 0.4) is 0 Å². The van der Waals surface area contributed by atoms with E-state index in [0.29, 0.717) is 23.2 Å². The van der Waals surface area contributed by atoms with E-state index in [1.165, 1.54) is 0 Å². The first-order chi connectivity index (χ1) is 17.7. The van der Waals surface area contributed by atoms with Crippen LogP contribution in [0.2, 0.25) is 0 Å². The van der Waals surface area contributed by atoms with Gasteiger partial charge in [0, 0.05) is 27.0 Å². The summed E-state index contributed by atoms with van der Waals surface area (Å²) in [6, 6.07) is 19.6. The Balaban J connectivity index is 1.39. The number of fused-ring (bicyclic) bond motifs is 2. The summed E-state index contributed by atoms with van der Waals surface area (Å²) in [5.74, 6) is 2.17. The van der Waals surface area contributed by atoms with Gasteiger partial charge in [0.15, 0.2) is 11.5 Å². The van der Waals surface area contributed by atoms with Crippen molar-refractivity contribution in [1.82, 2.24) is 10.1 Å². The molecule has 1 aromatic heterocycles. The summed E-state index contributed by atoms with van der Waals surface area (Å²) in [6.45, 7) is 0. The Bertz CT molecular complexity index is 1440. The average molecular weight is 500 g/mol. The maximum atomic E-state index is 13.7.